The zero-order valence-electron chi connectivity index (χ0n) is 7.03. The van der Waals surface area contributed by atoms with Crippen molar-refractivity contribution >= 4 is 6.08 Å². The maximum Gasteiger partial charge on any atom is 0.0425 e. The molecule has 2 heteroatoms. The Morgan fingerprint density at radius 2 is 2.08 bits per heavy atom. The summed E-state index contributed by atoms with van der Waals surface area (Å²) in [5, 5.41) is 0. The van der Waals surface area contributed by atoms with E-state index in [-0.39, 0.29) is 6.04 Å². The van der Waals surface area contributed by atoms with Gasteiger partial charge >= 0.3 is 0 Å². The fraction of sp³-hybridized carbons (Fsp3) is 0.200. The van der Waals surface area contributed by atoms with Crippen LogP contribution in [0.5, 0.6) is 0 Å². The molecule has 0 aliphatic carbocycles. The van der Waals surface area contributed by atoms with Gasteiger partial charge in [0.15, 0.2) is 0 Å². The minimum Gasteiger partial charge on any atom is -0.329 e. The van der Waals surface area contributed by atoms with E-state index in [1.54, 1.807) is 6.08 Å². The summed E-state index contributed by atoms with van der Waals surface area (Å²) in [6, 6.07) is 7.80. The molecule has 0 spiro atoms. The Balaban J connectivity index is 3.04. The van der Waals surface area contributed by atoms with Gasteiger partial charge in [0.2, 0.25) is 0 Å². The second-order valence-corrected chi connectivity index (χ2v) is 2.68. The van der Waals surface area contributed by atoms with Crippen LogP contribution in [0.2, 0.25) is 0 Å². The standard InChI is InChI=1S/C10H14N2/c1-2-8-5-3-4-6-9(8)10(12)7-11/h2-6,10H,1,7,11-12H2/t10-/m1/s1. The Labute approximate surface area is 72.9 Å². The minimum atomic E-state index is -0.0841. The fourth-order valence-electron chi connectivity index (χ4n) is 1.16. The SMILES string of the molecule is C=Cc1ccccc1[C@H](N)CN. The second kappa shape index (κ2) is 4.04. The summed E-state index contributed by atoms with van der Waals surface area (Å²) in [6.45, 7) is 4.18. The predicted octanol–water partition coefficient (Wildman–Crippen LogP) is 1.29. The van der Waals surface area contributed by atoms with Crippen molar-refractivity contribution in [3.63, 3.8) is 0 Å². The lowest BCUT2D eigenvalue weighted by molar-refractivity contribution is 0.735. The van der Waals surface area contributed by atoms with Gasteiger partial charge in [-0.2, -0.15) is 0 Å². The third-order valence-corrected chi connectivity index (χ3v) is 1.87. The molecular weight excluding hydrogens is 148 g/mol. The van der Waals surface area contributed by atoms with Gasteiger partial charge in [0.25, 0.3) is 0 Å². The lowest BCUT2D eigenvalue weighted by Crippen LogP contribution is -2.21. The molecule has 0 saturated carbocycles. The average molecular weight is 162 g/mol. The molecule has 1 aromatic carbocycles. The lowest BCUT2D eigenvalue weighted by atomic mass is 10.0. The van der Waals surface area contributed by atoms with Crippen molar-refractivity contribution in [2.75, 3.05) is 6.54 Å². The first-order chi connectivity index (χ1) is 5.79. The smallest absolute Gasteiger partial charge is 0.0425 e. The number of hydrogen-bond donors (Lipinski definition) is 2. The summed E-state index contributed by atoms with van der Waals surface area (Å²) < 4.78 is 0. The Morgan fingerprint density at radius 3 is 2.67 bits per heavy atom. The van der Waals surface area contributed by atoms with E-state index in [2.05, 4.69) is 6.58 Å². The highest BCUT2D eigenvalue weighted by Crippen LogP contribution is 2.15. The van der Waals surface area contributed by atoms with Gasteiger partial charge < -0.3 is 11.5 Å². The van der Waals surface area contributed by atoms with Crippen LogP contribution in [0.3, 0.4) is 0 Å². The molecule has 1 rings (SSSR count). The van der Waals surface area contributed by atoms with Gasteiger partial charge in [0.05, 0.1) is 0 Å². The van der Waals surface area contributed by atoms with Gasteiger partial charge in [-0.3, -0.25) is 0 Å². The van der Waals surface area contributed by atoms with Crippen LogP contribution < -0.4 is 11.5 Å². The van der Waals surface area contributed by atoms with E-state index < -0.39 is 0 Å². The van der Waals surface area contributed by atoms with Crippen molar-refractivity contribution in [3.05, 3.63) is 42.0 Å². The molecule has 0 aliphatic heterocycles. The Bertz CT molecular complexity index is 268. The van der Waals surface area contributed by atoms with Crippen LogP contribution in [-0.4, -0.2) is 6.54 Å². The first-order valence-electron chi connectivity index (χ1n) is 3.96. The van der Waals surface area contributed by atoms with E-state index in [0.29, 0.717) is 6.54 Å². The Kier molecular flexibility index (Phi) is 3.02. The fourth-order valence-corrected chi connectivity index (χ4v) is 1.16. The molecule has 0 saturated heterocycles. The maximum absolute atomic E-state index is 5.80. The molecule has 0 radical (unpaired) electrons. The lowest BCUT2D eigenvalue weighted by Gasteiger charge is -2.11. The van der Waals surface area contributed by atoms with E-state index >= 15 is 0 Å². The molecule has 64 valence electrons. The minimum absolute atomic E-state index is 0.0841. The zero-order valence-corrected chi connectivity index (χ0v) is 7.03. The van der Waals surface area contributed by atoms with Crippen LogP contribution in [0.25, 0.3) is 6.08 Å². The normalized spacial score (nSPS) is 12.5. The van der Waals surface area contributed by atoms with E-state index in [1.165, 1.54) is 0 Å². The summed E-state index contributed by atoms with van der Waals surface area (Å²) in [6.07, 6.45) is 1.80. The maximum atomic E-state index is 5.80. The zero-order chi connectivity index (χ0) is 8.97. The third-order valence-electron chi connectivity index (χ3n) is 1.87. The number of benzene rings is 1. The molecule has 0 heterocycles. The van der Waals surface area contributed by atoms with Crippen LogP contribution in [0, 0.1) is 0 Å². The van der Waals surface area contributed by atoms with E-state index in [1.807, 2.05) is 24.3 Å². The van der Waals surface area contributed by atoms with Crippen LogP contribution >= 0.6 is 0 Å². The van der Waals surface area contributed by atoms with Crippen molar-refractivity contribution in [2.45, 2.75) is 6.04 Å². The number of rotatable bonds is 3. The highest BCUT2D eigenvalue weighted by Gasteiger charge is 2.05. The number of nitrogens with two attached hydrogens (primary N) is 2. The van der Waals surface area contributed by atoms with E-state index in [9.17, 15) is 0 Å². The van der Waals surface area contributed by atoms with Crippen LogP contribution in [0.15, 0.2) is 30.8 Å². The highest BCUT2D eigenvalue weighted by molar-refractivity contribution is 5.52. The second-order valence-electron chi connectivity index (χ2n) is 2.68. The van der Waals surface area contributed by atoms with Gasteiger partial charge in [-0.15, -0.1) is 0 Å². The monoisotopic (exact) mass is 162 g/mol. The molecule has 4 N–H and O–H groups in total. The quantitative estimate of drug-likeness (QED) is 0.703. The molecule has 0 bridgehead atoms. The van der Waals surface area contributed by atoms with E-state index in [4.69, 9.17) is 11.5 Å². The predicted molar refractivity (Wildman–Crippen MR) is 52.5 cm³/mol. The molecular formula is C10H14N2. The van der Waals surface area contributed by atoms with Gasteiger partial charge in [-0.1, -0.05) is 36.9 Å². The van der Waals surface area contributed by atoms with Crippen LogP contribution in [0.1, 0.15) is 17.2 Å². The van der Waals surface area contributed by atoms with Gasteiger partial charge in [-0.05, 0) is 11.1 Å². The summed E-state index contributed by atoms with van der Waals surface area (Å²) in [7, 11) is 0. The summed E-state index contributed by atoms with van der Waals surface area (Å²) in [4.78, 5) is 0. The Morgan fingerprint density at radius 1 is 1.42 bits per heavy atom. The van der Waals surface area contributed by atoms with Crippen molar-refractivity contribution in [1.82, 2.24) is 0 Å². The summed E-state index contributed by atoms with van der Waals surface area (Å²) in [5.74, 6) is 0. The van der Waals surface area contributed by atoms with Gasteiger partial charge in [0.1, 0.15) is 0 Å². The highest BCUT2D eigenvalue weighted by atomic mass is 14.7. The first-order valence-corrected chi connectivity index (χ1v) is 3.96. The summed E-state index contributed by atoms with van der Waals surface area (Å²) >= 11 is 0. The van der Waals surface area contributed by atoms with E-state index in [0.717, 1.165) is 11.1 Å². The molecule has 1 aromatic rings. The topological polar surface area (TPSA) is 52.0 Å². The van der Waals surface area contributed by atoms with Gasteiger partial charge in [-0.25, -0.2) is 0 Å². The molecule has 12 heavy (non-hydrogen) atoms. The average Bonchev–Trinajstić information content (AvgIpc) is 2.16. The molecule has 1 atom stereocenters. The molecule has 0 fully saturated rings. The van der Waals surface area contributed by atoms with Crippen molar-refractivity contribution in [1.29, 1.82) is 0 Å². The van der Waals surface area contributed by atoms with Crippen molar-refractivity contribution < 1.29 is 0 Å². The first kappa shape index (κ1) is 8.97. The third kappa shape index (κ3) is 1.72. The van der Waals surface area contributed by atoms with Gasteiger partial charge in [0, 0.05) is 12.6 Å². The van der Waals surface area contributed by atoms with Crippen molar-refractivity contribution in [2.24, 2.45) is 11.5 Å². The molecule has 2 nitrogen and oxygen atoms in total. The van der Waals surface area contributed by atoms with Crippen LogP contribution in [0.4, 0.5) is 0 Å². The molecule has 0 aliphatic rings. The summed E-state index contributed by atoms with van der Waals surface area (Å²) in [5.41, 5.74) is 13.4. The largest absolute Gasteiger partial charge is 0.329 e. The molecule has 0 aromatic heterocycles. The molecule has 0 amide bonds. The van der Waals surface area contributed by atoms with Crippen LogP contribution in [-0.2, 0) is 0 Å². The van der Waals surface area contributed by atoms with Crippen molar-refractivity contribution in [3.8, 4) is 0 Å². The molecule has 0 unspecified atom stereocenters. The Hall–Kier alpha value is -1.12. The number of hydrogen-bond acceptors (Lipinski definition) is 2.